The number of hydrogen-bond acceptors (Lipinski definition) is 4. The quantitative estimate of drug-likeness (QED) is 0.801. The smallest absolute Gasteiger partial charge is 0.178 e. The van der Waals surface area contributed by atoms with Crippen LogP contribution in [-0.2, 0) is 9.53 Å². The van der Waals surface area contributed by atoms with Crippen molar-refractivity contribution in [1.29, 1.82) is 0 Å². The normalized spacial score (nSPS) is 24.2. The number of Topliss-reactive ketones (excluding diaryl/α,β-unsaturated/α-hetero) is 1. The summed E-state index contributed by atoms with van der Waals surface area (Å²) in [7, 11) is 0. The predicted molar refractivity (Wildman–Crippen MR) is 78.0 cm³/mol. The Kier molecular flexibility index (Phi) is 3.68. The van der Waals surface area contributed by atoms with E-state index in [4.69, 9.17) is 4.74 Å². The number of allylic oxidation sites excluding steroid dienone is 2. The Morgan fingerprint density at radius 1 is 1.40 bits per heavy atom. The molecule has 3 rings (SSSR count). The maximum atomic E-state index is 12.1. The van der Waals surface area contributed by atoms with Gasteiger partial charge in [-0.25, -0.2) is 0 Å². The van der Waals surface area contributed by atoms with Crippen LogP contribution in [0.1, 0.15) is 35.4 Å². The van der Waals surface area contributed by atoms with Gasteiger partial charge in [0, 0.05) is 6.42 Å². The van der Waals surface area contributed by atoms with Gasteiger partial charge in [-0.15, -0.1) is 11.3 Å². The number of thiophene rings is 1. The van der Waals surface area contributed by atoms with Crippen LogP contribution >= 0.6 is 11.3 Å². The highest BCUT2D eigenvalue weighted by Gasteiger charge is 2.35. The number of carbonyl (C=O) groups excluding carboxylic acids is 2. The average Bonchev–Trinajstić information content (AvgIpc) is 2.97. The van der Waals surface area contributed by atoms with Crippen molar-refractivity contribution in [3.8, 4) is 0 Å². The van der Waals surface area contributed by atoms with Crippen molar-refractivity contribution in [1.82, 2.24) is 0 Å². The van der Waals surface area contributed by atoms with Gasteiger partial charge < -0.3 is 4.74 Å². The maximum absolute atomic E-state index is 12.1. The van der Waals surface area contributed by atoms with E-state index in [1.807, 2.05) is 29.7 Å². The first-order valence-corrected chi connectivity index (χ1v) is 7.72. The van der Waals surface area contributed by atoms with Gasteiger partial charge in [0.2, 0.25) is 0 Å². The van der Waals surface area contributed by atoms with E-state index in [9.17, 15) is 9.59 Å². The van der Waals surface area contributed by atoms with E-state index in [0.717, 1.165) is 24.1 Å². The zero-order valence-electron chi connectivity index (χ0n) is 11.1. The third kappa shape index (κ3) is 2.81. The Balaban J connectivity index is 1.67. The molecule has 4 heteroatoms. The number of ketones is 2. The van der Waals surface area contributed by atoms with Gasteiger partial charge in [-0.1, -0.05) is 6.07 Å². The second-order valence-corrected chi connectivity index (χ2v) is 6.21. The first-order chi connectivity index (χ1) is 9.67. The van der Waals surface area contributed by atoms with Crippen LogP contribution in [0.25, 0.3) is 0 Å². The maximum Gasteiger partial charge on any atom is 0.178 e. The molecule has 1 aromatic rings. The summed E-state index contributed by atoms with van der Waals surface area (Å²) < 4.78 is 6.09. The van der Waals surface area contributed by atoms with E-state index in [1.54, 1.807) is 12.2 Å². The highest BCUT2D eigenvalue weighted by molar-refractivity contribution is 7.12. The fourth-order valence-corrected chi connectivity index (χ4v) is 3.40. The molecule has 0 aromatic carbocycles. The summed E-state index contributed by atoms with van der Waals surface area (Å²) in [5, 5.41) is 1.91. The molecule has 20 heavy (non-hydrogen) atoms. The summed E-state index contributed by atoms with van der Waals surface area (Å²) in [4.78, 5) is 24.1. The van der Waals surface area contributed by atoms with Gasteiger partial charge in [-0.2, -0.15) is 0 Å². The van der Waals surface area contributed by atoms with Gasteiger partial charge in [0.15, 0.2) is 11.6 Å². The topological polar surface area (TPSA) is 43.4 Å². The van der Waals surface area contributed by atoms with E-state index < -0.39 is 5.60 Å². The van der Waals surface area contributed by atoms with Gasteiger partial charge in [0.1, 0.15) is 5.60 Å². The highest BCUT2D eigenvalue weighted by Crippen LogP contribution is 2.34. The molecule has 1 fully saturated rings. The van der Waals surface area contributed by atoms with E-state index in [2.05, 4.69) is 0 Å². The SMILES string of the molecule is O=C1C=CC2(C=C1)CCC[C@@H](CC(=O)c1cccs1)O2. The van der Waals surface area contributed by atoms with E-state index in [0.29, 0.717) is 6.42 Å². The summed E-state index contributed by atoms with van der Waals surface area (Å²) in [6, 6.07) is 3.74. The standard InChI is InChI=1S/C16H16O3S/c17-12-5-8-16(9-6-12)7-1-3-13(19-16)11-14(18)15-4-2-10-20-15/h2,4-6,8-10,13H,1,3,7,11H2/t13-/m0/s1. The van der Waals surface area contributed by atoms with Gasteiger partial charge in [-0.05, 0) is 55.0 Å². The molecule has 1 atom stereocenters. The molecule has 2 heterocycles. The second-order valence-electron chi connectivity index (χ2n) is 5.26. The Hall–Kier alpha value is -1.52. The Bertz CT molecular complexity index is 553. The zero-order chi connectivity index (χ0) is 14.0. The average molecular weight is 288 g/mol. The first-order valence-electron chi connectivity index (χ1n) is 6.84. The monoisotopic (exact) mass is 288 g/mol. The number of ether oxygens (including phenoxy) is 1. The molecule has 0 N–H and O–H groups in total. The van der Waals surface area contributed by atoms with E-state index in [-0.39, 0.29) is 17.7 Å². The van der Waals surface area contributed by atoms with Crippen LogP contribution in [0.3, 0.4) is 0 Å². The first kappa shape index (κ1) is 13.5. The number of rotatable bonds is 3. The molecule has 0 amide bonds. The lowest BCUT2D eigenvalue weighted by molar-refractivity contribution is -0.111. The molecule has 104 valence electrons. The fourth-order valence-electron chi connectivity index (χ4n) is 2.73. The molecule has 1 aromatic heterocycles. The van der Waals surface area contributed by atoms with Gasteiger partial charge in [0.25, 0.3) is 0 Å². The number of hydrogen-bond donors (Lipinski definition) is 0. The van der Waals surface area contributed by atoms with Crippen LogP contribution in [0.5, 0.6) is 0 Å². The third-order valence-electron chi connectivity index (χ3n) is 3.75. The van der Waals surface area contributed by atoms with Gasteiger partial charge in [0.05, 0.1) is 11.0 Å². The van der Waals surface area contributed by atoms with Crippen LogP contribution in [0, 0.1) is 0 Å². The minimum Gasteiger partial charge on any atom is -0.363 e. The molecule has 1 spiro atoms. The summed E-state index contributed by atoms with van der Waals surface area (Å²) in [6.07, 6.45) is 9.90. The van der Waals surface area contributed by atoms with Crippen molar-refractivity contribution in [3.05, 3.63) is 46.7 Å². The predicted octanol–water partition coefficient (Wildman–Crippen LogP) is 3.32. The van der Waals surface area contributed by atoms with Crippen LogP contribution in [0.4, 0.5) is 0 Å². The summed E-state index contributed by atoms with van der Waals surface area (Å²) in [6.45, 7) is 0. The van der Waals surface area contributed by atoms with E-state index >= 15 is 0 Å². The Morgan fingerprint density at radius 2 is 2.20 bits per heavy atom. The van der Waals surface area contributed by atoms with Crippen molar-refractivity contribution in [2.75, 3.05) is 0 Å². The zero-order valence-corrected chi connectivity index (χ0v) is 11.9. The van der Waals surface area contributed by atoms with Crippen molar-refractivity contribution in [2.24, 2.45) is 0 Å². The van der Waals surface area contributed by atoms with Gasteiger partial charge >= 0.3 is 0 Å². The Morgan fingerprint density at radius 3 is 2.90 bits per heavy atom. The molecule has 1 aliphatic heterocycles. The molecule has 0 radical (unpaired) electrons. The molecular weight excluding hydrogens is 272 g/mol. The summed E-state index contributed by atoms with van der Waals surface area (Å²) in [5.41, 5.74) is -0.480. The molecular formula is C16H16O3S. The molecule has 1 aliphatic carbocycles. The Labute approximate surface area is 121 Å². The fraction of sp³-hybridized carbons (Fsp3) is 0.375. The summed E-state index contributed by atoms with van der Waals surface area (Å²) in [5.74, 6) is 0.137. The molecule has 0 saturated carbocycles. The molecule has 3 nitrogen and oxygen atoms in total. The second kappa shape index (κ2) is 5.46. The molecule has 1 saturated heterocycles. The van der Waals surface area contributed by atoms with Crippen molar-refractivity contribution < 1.29 is 14.3 Å². The van der Waals surface area contributed by atoms with Crippen molar-refractivity contribution in [2.45, 2.75) is 37.4 Å². The van der Waals surface area contributed by atoms with Crippen molar-refractivity contribution in [3.63, 3.8) is 0 Å². The minimum atomic E-state index is -0.480. The lowest BCUT2D eigenvalue weighted by atomic mass is 9.87. The molecule has 2 aliphatic rings. The molecule has 0 bridgehead atoms. The van der Waals surface area contributed by atoms with Crippen LogP contribution in [0.2, 0.25) is 0 Å². The van der Waals surface area contributed by atoms with Crippen molar-refractivity contribution >= 4 is 22.9 Å². The highest BCUT2D eigenvalue weighted by atomic mass is 32.1. The van der Waals surface area contributed by atoms with E-state index in [1.165, 1.54) is 11.3 Å². The lowest BCUT2D eigenvalue weighted by Crippen LogP contribution is -2.39. The summed E-state index contributed by atoms with van der Waals surface area (Å²) >= 11 is 1.47. The lowest BCUT2D eigenvalue weighted by Gasteiger charge is -2.38. The molecule has 0 unspecified atom stereocenters. The minimum absolute atomic E-state index is 0.00369. The van der Waals surface area contributed by atoms with Gasteiger partial charge in [-0.3, -0.25) is 9.59 Å². The van der Waals surface area contributed by atoms with Crippen LogP contribution in [-0.4, -0.2) is 23.3 Å². The largest absolute Gasteiger partial charge is 0.363 e. The number of carbonyl (C=O) groups is 2. The van der Waals surface area contributed by atoms with Crippen LogP contribution in [0.15, 0.2) is 41.8 Å². The third-order valence-corrected chi connectivity index (χ3v) is 4.66. The van der Waals surface area contributed by atoms with Crippen LogP contribution < -0.4 is 0 Å².